The van der Waals surface area contributed by atoms with Gasteiger partial charge in [-0.25, -0.2) is 0 Å². The molecule has 0 aliphatic rings. The molecular formula is C13H17BrN2O. The Morgan fingerprint density at radius 1 is 1.24 bits per heavy atom. The van der Waals surface area contributed by atoms with Crippen LogP contribution in [0.5, 0.6) is 0 Å². The van der Waals surface area contributed by atoms with Crippen molar-refractivity contribution in [3.8, 4) is 6.07 Å². The summed E-state index contributed by atoms with van der Waals surface area (Å²) < 4.78 is 0.824. The lowest BCUT2D eigenvalue weighted by Gasteiger charge is -2.07. The second-order valence-corrected chi connectivity index (χ2v) is 4.73. The van der Waals surface area contributed by atoms with Gasteiger partial charge < -0.3 is 10.4 Å². The number of hydrogen-bond acceptors (Lipinski definition) is 3. The van der Waals surface area contributed by atoms with E-state index >= 15 is 0 Å². The van der Waals surface area contributed by atoms with Crippen molar-refractivity contribution in [2.75, 3.05) is 18.5 Å². The van der Waals surface area contributed by atoms with Gasteiger partial charge in [0.1, 0.15) is 6.07 Å². The molecule has 0 amide bonds. The molecule has 0 unspecified atom stereocenters. The Hall–Kier alpha value is -1.05. The molecule has 0 saturated carbocycles. The first-order valence-corrected chi connectivity index (χ1v) is 6.61. The number of halogens is 1. The van der Waals surface area contributed by atoms with E-state index in [2.05, 4.69) is 27.3 Å². The van der Waals surface area contributed by atoms with E-state index in [4.69, 9.17) is 10.4 Å². The number of anilines is 1. The number of nitriles is 1. The Labute approximate surface area is 111 Å². The lowest BCUT2D eigenvalue weighted by Crippen LogP contribution is -2.01. The lowest BCUT2D eigenvalue weighted by atomic mass is 10.2. The fraction of sp³-hybridized carbons (Fsp3) is 0.462. The van der Waals surface area contributed by atoms with Gasteiger partial charge in [-0.15, -0.1) is 0 Å². The molecule has 0 atom stereocenters. The topological polar surface area (TPSA) is 56.0 Å². The van der Waals surface area contributed by atoms with Crippen LogP contribution in [0.25, 0.3) is 0 Å². The second kappa shape index (κ2) is 8.10. The van der Waals surface area contributed by atoms with Gasteiger partial charge in [-0.3, -0.25) is 0 Å². The zero-order valence-corrected chi connectivity index (χ0v) is 11.3. The summed E-state index contributed by atoms with van der Waals surface area (Å²) in [4.78, 5) is 0. The van der Waals surface area contributed by atoms with Crippen LogP contribution in [0.2, 0.25) is 0 Å². The largest absolute Gasteiger partial charge is 0.396 e. The predicted octanol–water partition coefficient (Wildman–Crippen LogP) is 3.29. The third-order valence-electron chi connectivity index (χ3n) is 2.50. The van der Waals surface area contributed by atoms with Gasteiger partial charge in [0.15, 0.2) is 0 Å². The van der Waals surface area contributed by atoms with Gasteiger partial charge in [0.2, 0.25) is 0 Å². The number of aliphatic hydroxyl groups is 1. The zero-order chi connectivity index (χ0) is 12.5. The van der Waals surface area contributed by atoms with Crippen LogP contribution >= 0.6 is 15.9 Å². The van der Waals surface area contributed by atoms with Crippen LogP contribution in [0, 0.1) is 11.3 Å². The first kappa shape index (κ1) is 14.0. The fourth-order valence-corrected chi connectivity index (χ4v) is 2.01. The van der Waals surface area contributed by atoms with Crippen LogP contribution in [-0.4, -0.2) is 18.3 Å². The molecule has 0 aromatic heterocycles. The van der Waals surface area contributed by atoms with Crippen molar-refractivity contribution in [1.82, 2.24) is 0 Å². The maximum absolute atomic E-state index is 8.79. The van der Waals surface area contributed by atoms with Crippen LogP contribution in [0.3, 0.4) is 0 Å². The lowest BCUT2D eigenvalue weighted by molar-refractivity contribution is 0.283. The molecule has 92 valence electrons. The zero-order valence-electron chi connectivity index (χ0n) is 9.75. The molecule has 1 aromatic carbocycles. The minimum Gasteiger partial charge on any atom is -0.396 e. The number of nitrogens with one attached hydrogen (secondary N) is 1. The normalized spacial score (nSPS) is 9.94. The highest BCUT2D eigenvalue weighted by molar-refractivity contribution is 9.10. The molecule has 17 heavy (non-hydrogen) atoms. The Morgan fingerprint density at radius 3 is 2.65 bits per heavy atom. The average Bonchev–Trinajstić information content (AvgIpc) is 2.34. The molecule has 2 N–H and O–H groups in total. The Kier molecular flexibility index (Phi) is 6.68. The van der Waals surface area contributed by atoms with Gasteiger partial charge >= 0.3 is 0 Å². The number of hydrogen-bond donors (Lipinski definition) is 2. The monoisotopic (exact) mass is 296 g/mol. The highest BCUT2D eigenvalue weighted by Gasteiger charge is 1.99. The highest BCUT2D eigenvalue weighted by atomic mass is 79.9. The summed E-state index contributed by atoms with van der Waals surface area (Å²) in [7, 11) is 0. The maximum Gasteiger partial charge on any atom is 0.100 e. The van der Waals surface area contributed by atoms with Crippen LogP contribution in [0.1, 0.15) is 31.2 Å². The van der Waals surface area contributed by atoms with Crippen molar-refractivity contribution in [3.05, 3.63) is 28.2 Å². The van der Waals surface area contributed by atoms with E-state index in [1.54, 1.807) is 6.07 Å². The van der Waals surface area contributed by atoms with E-state index in [0.29, 0.717) is 5.56 Å². The molecule has 3 nitrogen and oxygen atoms in total. The van der Waals surface area contributed by atoms with Gasteiger partial charge in [0, 0.05) is 23.3 Å². The Bertz CT molecular complexity index is 387. The van der Waals surface area contributed by atoms with Crippen LogP contribution < -0.4 is 5.32 Å². The maximum atomic E-state index is 8.79. The van der Waals surface area contributed by atoms with Gasteiger partial charge in [-0.1, -0.05) is 12.8 Å². The first-order chi connectivity index (χ1) is 8.27. The summed E-state index contributed by atoms with van der Waals surface area (Å²) in [5.41, 5.74) is 1.68. The minimum atomic E-state index is 0.288. The number of rotatable bonds is 7. The molecule has 0 aliphatic carbocycles. The summed E-state index contributed by atoms with van der Waals surface area (Å²) in [5, 5.41) is 20.7. The van der Waals surface area contributed by atoms with E-state index in [-0.39, 0.29) is 6.61 Å². The molecule has 0 heterocycles. The number of nitrogens with zero attached hydrogens (tertiary/aromatic N) is 1. The van der Waals surface area contributed by atoms with Crippen molar-refractivity contribution in [2.45, 2.75) is 25.7 Å². The summed E-state index contributed by atoms with van der Waals surface area (Å²) in [6.45, 7) is 1.21. The molecule has 1 aromatic rings. The molecule has 4 heteroatoms. The average molecular weight is 297 g/mol. The molecule has 0 fully saturated rings. The summed E-state index contributed by atoms with van der Waals surface area (Å²) >= 11 is 3.36. The van der Waals surface area contributed by atoms with Gasteiger partial charge in [-0.05, 0) is 47.0 Å². The molecule has 1 rings (SSSR count). The molecule has 0 spiro atoms. The second-order valence-electron chi connectivity index (χ2n) is 3.87. The van der Waals surface area contributed by atoms with Crippen LogP contribution in [0.4, 0.5) is 5.69 Å². The number of benzene rings is 1. The van der Waals surface area contributed by atoms with E-state index < -0.39 is 0 Å². The minimum absolute atomic E-state index is 0.288. The van der Waals surface area contributed by atoms with Gasteiger partial charge in [0.05, 0.1) is 5.56 Å². The smallest absolute Gasteiger partial charge is 0.100 e. The first-order valence-electron chi connectivity index (χ1n) is 5.82. The van der Waals surface area contributed by atoms with Crippen molar-refractivity contribution in [2.24, 2.45) is 0 Å². The fourth-order valence-electron chi connectivity index (χ4n) is 1.54. The van der Waals surface area contributed by atoms with Crippen molar-refractivity contribution < 1.29 is 5.11 Å². The van der Waals surface area contributed by atoms with Crippen LogP contribution in [0.15, 0.2) is 22.7 Å². The van der Waals surface area contributed by atoms with Gasteiger partial charge in [-0.2, -0.15) is 5.26 Å². The summed E-state index contributed by atoms with van der Waals surface area (Å²) in [5.74, 6) is 0. The predicted molar refractivity (Wildman–Crippen MR) is 72.9 cm³/mol. The van der Waals surface area contributed by atoms with Crippen molar-refractivity contribution in [1.29, 1.82) is 5.26 Å². The Morgan fingerprint density at radius 2 is 2.00 bits per heavy atom. The number of aliphatic hydroxyl groups excluding tert-OH is 1. The molecule has 0 saturated heterocycles. The van der Waals surface area contributed by atoms with Crippen LogP contribution in [-0.2, 0) is 0 Å². The summed E-state index contributed by atoms with van der Waals surface area (Å²) in [6, 6.07) is 7.75. The van der Waals surface area contributed by atoms with E-state index in [1.807, 2.05) is 12.1 Å². The van der Waals surface area contributed by atoms with Crippen molar-refractivity contribution in [3.63, 3.8) is 0 Å². The van der Waals surface area contributed by atoms with Crippen molar-refractivity contribution >= 4 is 21.6 Å². The quantitative estimate of drug-likeness (QED) is 0.759. The number of unbranched alkanes of at least 4 members (excludes halogenated alkanes) is 3. The SMILES string of the molecule is N#Cc1ccc(NCCCCCCO)cc1Br. The molecular weight excluding hydrogens is 280 g/mol. The third kappa shape index (κ3) is 5.20. The molecule has 0 bridgehead atoms. The summed E-state index contributed by atoms with van der Waals surface area (Å²) in [6.07, 6.45) is 4.19. The Balaban J connectivity index is 2.28. The van der Waals surface area contributed by atoms with E-state index in [1.165, 1.54) is 0 Å². The highest BCUT2D eigenvalue weighted by Crippen LogP contribution is 2.20. The standard InChI is InChI=1S/C13H17BrN2O/c14-13-9-12(6-5-11(13)10-15)16-7-3-1-2-4-8-17/h5-6,9,16-17H,1-4,7-8H2. The van der Waals surface area contributed by atoms with E-state index in [0.717, 1.165) is 42.4 Å². The molecule has 0 radical (unpaired) electrons. The third-order valence-corrected chi connectivity index (χ3v) is 3.16. The molecule has 0 aliphatic heterocycles. The van der Waals surface area contributed by atoms with Gasteiger partial charge in [0.25, 0.3) is 0 Å². The van der Waals surface area contributed by atoms with E-state index in [9.17, 15) is 0 Å².